The second-order valence-electron chi connectivity index (χ2n) is 6.07. The number of hydrogen-bond acceptors (Lipinski definition) is 1. The lowest BCUT2D eigenvalue weighted by Crippen LogP contribution is -2.13. The third-order valence-corrected chi connectivity index (χ3v) is 4.85. The summed E-state index contributed by atoms with van der Waals surface area (Å²) >= 11 is 0. The third-order valence-electron chi connectivity index (χ3n) is 4.85. The summed E-state index contributed by atoms with van der Waals surface area (Å²) in [5.74, 6) is 1.24. The SMILES string of the molecule is CC(CC1C(C)c2ccccc2C1O)c1ccccc1. The van der Waals surface area contributed by atoms with Crippen LogP contribution in [0.25, 0.3) is 0 Å². The van der Waals surface area contributed by atoms with Crippen LogP contribution in [0.1, 0.15) is 54.9 Å². The van der Waals surface area contributed by atoms with E-state index < -0.39 is 0 Å². The van der Waals surface area contributed by atoms with E-state index in [0.29, 0.717) is 17.8 Å². The molecular weight excluding hydrogens is 244 g/mol. The molecule has 0 aromatic heterocycles. The number of aliphatic hydroxyl groups excluding tert-OH is 1. The van der Waals surface area contributed by atoms with E-state index in [-0.39, 0.29) is 6.10 Å². The minimum atomic E-state index is -0.313. The molecule has 20 heavy (non-hydrogen) atoms. The molecule has 0 radical (unpaired) electrons. The molecule has 1 heteroatoms. The zero-order valence-corrected chi connectivity index (χ0v) is 12.2. The second kappa shape index (κ2) is 5.41. The Labute approximate surface area is 121 Å². The number of hydrogen-bond donors (Lipinski definition) is 1. The van der Waals surface area contributed by atoms with Gasteiger partial charge in [-0.25, -0.2) is 0 Å². The standard InChI is InChI=1S/C19H22O/c1-13(15-8-4-3-5-9-15)12-18-14(2)16-10-6-7-11-17(16)19(18)20/h3-11,13-14,18-20H,12H2,1-2H3. The van der Waals surface area contributed by atoms with Gasteiger partial charge in [-0.3, -0.25) is 0 Å². The van der Waals surface area contributed by atoms with Crippen LogP contribution >= 0.6 is 0 Å². The summed E-state index contributed by atoms with van der Waals surface area (Å²) in [4.78, 5) is 0. The Morgan fingerprint density at radius 2 is 1.55 bits per heavy atom. The zero-order chi connectivity index (χ0) is 14.1. The maximum atomic E-state index is 10.6. The predicted octanol–water partition coefficient (Wildman–Crippen LogP) is 4.65. The molecule has 1 N–H and O–H groups in total. The summed E-state index contributed by atoms with van der Waals surface area (Å²) in [6, 6.07) is 18.9. The Balaban J connectivity index is 1.80. The first-order valence-corrected chi connectivity index (χ1v) is 7.50. The molecule has 1 nitrogen and oxygen atoms in total. The minimum absolute atomic E-state index is 0.313. The van der Waals surface area contributed by atoms with Crippen molar-refractivity contribution in [2.75, 3.05) is 0 Å². The number of fused-ring (bicyclic) bond motifs is 1. The first-order chi connectivity index (χ1) is 9.68. The van der Waals surface area contributed by atoms with Crippen LogP contribution in [-0.4, -0.2) is 5.11 Å². The number of benzene rings is 2. The van der Waals surface area contributed by atoms with Crippen molar-refractivity contribution in [1.82, 2.24) is 0 Å². The van der Waals surface area contributed by atoms with Crippen LogP contribution in [0.15, 0.2) is 54.6 Å². The normalized spacial score (nSPS) is 26.2. The summed E-state index contributed by atoms with van der Waals surface area (Å²) in [5.41, 5.74) is 3.82. The summed E-state index contributed by atoms with van der Waals surface area (Å²) in [7, 11) is 0. The zero-order valence-electron chi connectivity index (χ0n) is 12.2. The lowest BCUT2D eigenvalue weighted by atomic mass is 9.83. The van der Waals surface area contributed by atoms with Gasteiger partial charge in [0.05, 0.1) is 6.10 Å². The van der Waals surface area contributed by atoms with Gasteiger partial charge in [-0.05, 0) is 40.9 Å². The van der Waals surface area contributed by atoms with Gasteiger partial charge in [-0.2, -0.15) is 0 Å². The summed E-state index contributed by atoms with van der Waals surface area (Å²) in [6.45, 7) is 4.51. The number of rotatable bonds is 3. The maximum absolute atomic E-state index is 10.6. The first-order valence-electron chi connectivity index (χ1n) is 7.50. The fourth-order valence-corrected chi connectivity index (χ4v) is 3.59. The Morgan fingerprint density at radius 1 is 0.950 bits per heavy atom. The van der Waals surface area contributed by atoms with Gasteiger partial charge in [-0.15, -0.1) is 0 Å². The molecule has 1 aliphatic carbocycles. The van der Waals surface area contributed by atoms with Crippen molar-refractivity contribution in [3.63, 3.8) is 0 Å². The van der Waals surface area contributed by atoms with E-state index in [1.807, 2.05) is 6.07 Å². The average molecular weight is 266 g/mol. The highest BCUT2D eigenvalue weighted by atomic mass is 16.3. The topological polar surface area (TPSA) is 20.2 Å². The molecule has 3 rings (SSSR count). The molecule has 2 aromatic rings. The van der Waals surface area contributed by atoms with E-state index in [0.717, 1.165) is 12.0 Å². The summed E-state index contributed by atoms with van der Waals surface area (Å²) in [5, 5.41) is 10.6. The van der Waals surface area contributed by atoms with Crippen molar-refractivity contribution in [3.05, 3.63) is 71.3 Å². The predicted molar refractivity (Wildman–Crippen MR) is 82.8 cm³/mol. The van der Waals surface area contributed by atoms with Crippen LogP contribution in [0.5, 0.6) is 0 Å². The highest BCUT2D eigenvalue weighted by molar-refractivity contribution is 5.38. The molecule has 0 fully saturated rings. The van der Waals surface area contributed by atoms with Gasteiger partial charge in [0, 0.05) is 0 Å². The second-order valence-corrected chi connectivity index (χ2v) is 6.07. The third kappa shape index (κ3) is 2.27. The maximum Gasteiger partial charge on any atom is 0.0826 e. The van der Waals surface area contributed by atoms with Crippen molar-refractivity contribution in [1.29, 1.82) is 0 Å². The highest BCUT2D eigenvalue weighted by Gasteiger charge is 2.37. The fraction of sp³-hybridized carbons (Fsp3) is 0.368. The summed E-state index contributed by atoms with van der Waals surface area (Å²) in [6.07, 6.45) is 0.716. The van der Waals surface area contributed by atoms with Gasteiger partial charge in [0.2, 0.25) is 0 Å². The largest absolute Gasteiger partial charge is 0.388 e. The number of aliphatic hydroxyl groups is 1. The first kappa shape index (κ1) is 13.4. The molecule has 0 spiro atoms. The Kier molecular flexibility index (Phi) is 3.62. The molecule has 0 heterocycles. The Bertz CT molecular complexity index is 546. The van der Waals surface area contributed by atoms with Crippen LogP contribution in [0.2, 0.25) is 0 Å². The van der Waals surface area contributed by atoms with E-state index in [9.17, 15) is 5.11 Å². The lowest BCUT2D eigenvalue weighted by molar-refractivity contribution is 0.104. The van der Waals surface area contributed by atoms with Crippen LogP contribution < -0.4 is 0 Å². The van der Waals surface area contributed by atoms with E-state index in [1.165, 1.54) is 11.1 Å². The van der Waals surface area contributed by atoms with Crippen LogP contribution in [-0.2, 0) is 0 Å². The Morgan fingerprint density at radius 3 is 2.20 bits per heavy atom. The van der Waals surface area contributed by atoms with Crippen molar-refractivity contribution in [3.8, 4) is 0 Å². The smallest absolute Gasteiger partial charge is 0.0826 e. The molecule has 2 aromatic carbocycles. The molecule has 0 saturated carbocycles. The molecular formula is C19H22O. The molecule has 4 unspecified atom stereocenters. The van der Waals surface area contributed by atoms with Crippen LogP contribution in [0.4, 0.5) is 0 Å². The van der Waals surface area contributed by atoms with E-state index in [2.05, 4.69) is 62.4 Å². The molecule has 0 saturated heterocycles. The molecule has 0 amide bonds. The lowest BCUT2D eigenvalue weighted by Gasteiger charge is -2.23. The van der Waals surface area contributed by atoms with Gasteiger partial charge < -0.3 is 5.11 Å². The van der Waals surface area contributed by atoms with Crippen LogP contribution in [0, 0.1) is 5.92 Å². The average Bonchev–Trinajstić information content (AvgIpc) is 2.74. The molecule has 4 atom stereocenters. The van der Waals surface area contributed by atoms with Crippen molar-refractivity contribution >= 4 is 0 Å². The van der Waals surface area contributed by atoms with Crippen molar-refractivity contribution in [2.45, 2.75) is 38.2 Å². The van der Waals surface area contributed by atoms with Gasteiger partial charge in [-0.1, -0.05) is 68.4 Å². The molecule has 1 aliphatic rings. The quantitative estimate of drug-likeness (QED) is 0.857. The van der Waals surface area contributed by atoms with Crippen molar-refractivity contribution in [2.24, 2.45) is 5.92 Å². The van der Waals surface area contributed by atoms with E-state index >= 15 is 0 Å². The summed E-state index contributed by atoms with van der Waals surface area (Å²) < 4.78 is 0. The highest BCUT2D eigenvalue weighted by Crippen LogP contribution is 2.48. The molecule has 0 aliphatic heterocycles. The minimum Gasteiger partial charge on any atom is -0.388 e. The fourth-order valence-electron chi connectivity index (χ4n) is 3.59. The van der Waals surface area contributed by atoms with E-state index in [4.69, 9.17) is 0 Å². The molecule has 104 valence electrons. The van der Waals surface area contributed by atoms with Crippen LogP contribution in [0.3, 0.4) is 0 Å². The van der Waals surface area contributed by atoms with Gasteiger partial charge >= 0.3 is 0 Å². The van der Waals surface area contributed by atoms with Gasteiger partial charge in [0.1, 0.15) is 0 Å². The van der Waals surface area contributed by atoms with E-state index in [1.54, 1.807) is 0 Å². The van der Waals surface area contributed by atoms with Gasteiger partial charge in [0.25, 0.3) is 0 Å². The Hall–Kier alpha value is -1.60. The van der Waals surface area contributed by atoms with Gasteiger partial charge in [0.15, 0.2) is 0 Å². The monoisotopic (exact) mass is 266 g/mol. The van der Waals surface area contributed by atoms with Crippen molar-refractivity contribution < 1.29 is 5.11 Å². The molecule has 0 bridgehead atoms.